The summed E-state index contributed by atoms with van der Waals surface area (Å²) in [5, 5.41) is 19.9. The number of carboxylic acids is 1. The van der Waals surface area contributed by atoms with E-state index in [0.717, 1.165) is 0 Å². The summed E-state index contributed by atoms with van der Waals surface area (Å²) in [6.07, 6.45) is 8.02. The average Bonchev–Trinajstić information content (AvgIpc) is 2.52. The predicted octanol–water partition coefficient (Wildman–Crippen LogP) is 4.26. The summed E-state index contributed by atoms with van der Waals surface area (Å²) in [6.45, 7) is 2.03. The summed E-state index contributed by atoms with van der Waals surface area (Å²) >= 11 is 12.7. The molecule has 1 N–H and O–H groups in total. The van der Waals surface area contributed by atoms with E-state index in [0.29, 0.717) is 25.9 Å². The molecule has 6 nitrogen and oxygen atoms in total. The molecular formula is C16H21Cl2NO5. The van der Waals surface area contributed by atoms with E-state index in [9.17, 15) is 14.9 Å². The first-order chi connectivity index (χ1) is 11.3. The van der Waals surface area contributed by atoms with Crippen LogP contribution in [-0.4, -0.2) is 33.6 Å². The highest BCUT2D eigenvalue weighted by Gasteiger charge is 2.41. The van der Waals surface area contributed by atoms with Crippen LogP contribution >= 0.6 is 23.2 Å². The summed E-state index contributed by atoms with van der Waals surface area (Å²) in [5.41, 5.74) is -0.0260. The van der Waals surface area contributed by atoms with Crippen LogP contribution in [0.15, 0.2) is 35.0 Å². The van der Waals surface area contributed by atoms with Crippen molar-refractivity contribution in [1.82, 2.24) is 0 Å². The number of hydrogen-bond donors (Lipinski definition) is 1. The lowest BCUT2D eigenvalue weighted by molar-refractivity contribution is -0.428. The van der Waals surface area contributed by atoms with Gasteiger partial charge >= 0.3 is 5.97 Å². The number of allylic oxidation sites excluding steroid dienone is 3. The minimum absolute atomic E-state index is 0.0260. The first-order valence-corrected chi connectivity index (χ1v) is 8.49. The quantitative estimate of drug-likeness (QED) is 0.266. The molecule has 0 saturated heterocycles. The summed E-state index contributed by atoms with van der Waals surface area (Å²) in [7, 11) is 0. The van der Waals surface area contributed by atoms with Gasteiger partial charge in [-0.3, -0.25) is 14.9 Å². The zero-order valence-electron chi connectivity index (χ0n) is 13.4. The maximum atomic E-state index is 11.1. The number of rotatable bonds is 10. The second-order valence-electron chi connectivity index (χ2n) is 5.41. The molecular weight excluding hydrogens is 357 g/mol. The van der Waals surface area contributed by atoms with Crippen LogP contribution in [0, 0.1) is 10.1 Å². The molecule has 2 unspecified atom stereocenters. The van der Waals surface area contributed by atoms with Gasteiger partial charge in [-0.25, -0.2) is 0 Å². The van der Waals surface area contributed by atoms with Gasteiger partial charge < -0.3 is 9.84 Å². The Morgan fingerprint density at radius 3 is 2.79 bits per heavy atom. The van der Waals surface area contributed by atoms with Gasteiger partial charge in [0.15, 0.2) is 0 Å². The van der Waals surface area contributed by atoms with Crippen molar-refractivity contribution >= 4 is 29.2 Å². The second-order valence-corrected chi connectivity index (χ2v) is 6.44. The summed E-state index contributed by atoms with van der Waals surface area (Å²) in [6, 6.07) is 0. The van der Waals surface area contributed by atoms with Crippen LogP contribution in [0.3, 0.4) is 0 Å². The molecule has 24 heavy (non-hydrogen) atoms. The zero-order valence-corrected chi connectivity index (χ0v) is 14.9. The summed E-state index contributed by atoms with van der Waals surface area (Å²) < 4.78 is 5.74. The Balaban J connectivity index is 2.70. The molecule has 0 fully saturated rings. The van der Waals surface area contributed by atoms with Gasteiger partial charge in [-0.1, -0.05) is 37.1 Å². The van der Waals surface area contributed by atoms with E-state index in [1.54, 1.807) is 25.2 Å². The third kappa shape index (κ3) is 5.92. The SMILES string of the molecule is CC/C(=C\C1(Cl)C(Cl)=CC=CC1OCCCCCC(=O)O)[N+](=O)[O-]. The number of alkyl halides is 1. The third-order valence-electron chi connectivity index (χ3n) is 3.61. The Morgan fingerprint density at radius 1 is 1.50 bits per heavy atom. The van der Waals surface area contributed by atoms with E-state index < -0.39 is 21.9 Å². The first kappa shape index (κ1) is 20.7. The number of ether oxygens (including phenoxy) is 1. The number of nitro groups is 1. The fourth-order valence-electron chi connectivity index (χ4n) is 2.26. The van der Waals surface area contributed by atoms with Crippen LogP contribution in [0.25, 0.3) is 0 Å². The van der Waals surface area contributed by atoms with E-state index >= 15 is 0 Å². The van der Waals surface area contributed by atoms with E-state index in [4.69, 9.17) is 33.0 Å². The molecule has 0 aromatic heterocycles. The minimum Gasteiger partial charge on any atom is -0.481 e. The standard InChI is InChI=1S/C16H21Cl2NO5/c1-2-12(19(22)23)11-16(18)13(17)7-6-8-14(16)24-10-5-3-4-9-15(20)21/h6-8,11,14H,2-5,9-10H2,1H3,(H,20,21)/b12-11+. The Morgan fingerprint density at radius 2 is 2.21 bits per heavy atom. The lowest BCUT2D eigenvalue weighted by Crippen LogP contribution is -2.38. The topological polar surface area (TPSA) is 89.7 Å². The van der Waals surface area contributed by atoms with Crippen molar-refractivity contribution in [3.05, 3.63) is 45.1 Å². The highest BCUT2D eigenvalue weighted by Crippen LogP contribution is 2.39. The van der Waals surface area contributed by atoms with E-state index in [1.165, 1.54) is 6.08 Å². The first-order valence-electron chi connectivity index (χ1n) is 7.74. The molecule has 0 aliphatic heterocycles. The fourth-order valence-corrected chi connectivity index (χ4v) is 2.82. The normalized spacial score (nSPS) is 23.9. The second kappa shape index (κ2) is 9.81. The maximum absolute atomic E-state index is 11.1. The smallest absolute Gasteiger partial charge is 0.303 e. The van der Waals surface area contributed by atoms with E-state index in [-0.39, 0.29) is 23.6 Å². The number of carboxylic acid groups (broad SMARTS) is 1. The zero-order chi connectivity index (χ0) is 18.2. The van der Waals surface area contributed by atoms with Crippen LogP contribution in [0.5, 0.6) is 0 Å². The number of nitrogens with zero attached hydrogens (tertiary/aromatic N) is 1. The van der Waals surface area contributed by atoms with Crippen molar-refractivity contribution in [2.75, 3.05) is 6.61 Å². The van der Waals surface area contributed by atoms with Crippen molar-refractivity contribution in [1.29, 1.82) is 0 Å². The Bertz CT molecular complexity index is 559. The van der Waals surface area contributed by atoms with Crippen LogP contribution in [0.4, 0.5) is 0 Å². The Hall–Kier alpha value is -1.37. The minimum atomic E-state index is -1.31. The molecule has 0 aromatic carbocycles. The monoisotopic (exact) mass is 377 g/mol. The number of hydrogen-bond acceptors (Lipinski definition) is 4. The van der Waals surface area contributed by atoms with Crippen LogP contribution in [0.1, 0.15) is 39.0 Å². The van der Waals surface area contributed by atoms with Crippen LogP contribution < -0.4 is 0 Å². The van der Waals surface area contributed by atoms with Gasteiger partial charge in [0.2, 0.25) is 5.70 Å². The average molecular weight is 378 g/mol. The van der Waals surface area contributed by atoms with E-state index in [2.05, 4.69) is 0 Å². The van der Waals surface area contributed by atoms with Gasteiger partial charge in [-0.15, -0.1) is 11.6 Å². The van der Waals surface area contributed by atoms with Crippen LogP contribution in [-0.2, 0) is 9.53 Å². The van der Waals surface area contributed by atoms with E-state index in [1.807, 2.05) is 0 Å². The molecule has 1 rings (SSSR count). The molecule has 0 spiro atoms. The number of aliphatic carboxylic acids is 1. The lowest BCUT2D eigenvalue weighted by atomic mass is 9.94. The molecule has 0 heterocycles. The molecule has 134 valence electrons. The molecule has 0 saturated carbocycles. The third-order valence-corrected chi connectivity index (χ3v) is 4.68. The number of carbonyl (C=O) groups is 1. The molecule has 1 aliphatic rings. The van der Waals surface area contributed by atoms with Crippen molar-refractivity contribution in [2.45, 2.75) is 50.0 Å². The lowest BCUT2D eigenvalue weighted by Gasteiger charge is -2.32. The summed E-state index contributed by atoms with van der Waals surface area (Å²) in [4.78, 5) is 19.7. The van der Waals surface area contributed by atoms with Crippen molar-refractivity contribution in [3.63, 3.8) is 0 Å². The Labute approximate surface area is 150 Å². The van der Waals surface area contributed by atoms with Crippen LogP contribution in [0.2, 0.25) is 0 Å². The molecule has 0 amide bonds. The number of halogens is 2. The highest BCUT2D eigenvalue weighted by atomic mass is 35.5. The molecule has 1 aliphatic carbocycles. The highest BCUT2D eigenvalue weighted by molar-refractivity contribution is 6.41. The van der Waals surface area contributed by atoms with Gasteiger partial charge in [0.1, 0.15) is 11.0 Å². The van der Waals surface area contributed by atoms with Crippen molar-refractivity contribution in [2.24, 2.45) is 0 Å². The van der Waals surface area contributed by atoms with Gasteiger partial charge in [-0.2, -0.15) is 0 Å². The van der Waals surface area contributed by atoms with Crippen molar-refractivity contribution < 1.29 is 19.6 Å². The number of unbranched alkanes of at least 4 members (excludes halogenated alkanes) is 2. The maximum Gasteiger partial charge on any atom is 0.303 e. The largest absolute Gasteiger partial charge is 0.481 e. The van der Waals surface area contributed by atoms with Crippen molar-refractivity contribution in [3.8, 4) is 0 Å². The summed E-state index contributed by atoms with van der Waals surface area (Å²) in [5.74, 6) is -0.820. The predicted molar refractivity (Wildman–Crippen MR) is 92.9 cm³/mol. The van der Waals surface area contributed by atoms with Gasteiger partial charge in [0.25, 0.3) is 0 Å². The molecule has 8 heteroatoms. The molecule has 0 radical (unpaired) electrons. The van der Waals surface area contributed by atoms with Gasteiger partial charge in [-0.05, 0) is 18.9 Å². The molecule has 0 bridgehead atoms. The fraction of sp³-hybridized carbons (Fsp3) is 0.562. The van der Waals surface area contributed by atoms with Gasteiger partial charge in [0.05, 0.1) is 4.92 Å². The van der Waals surface area contributed by atoms with Gasteiger partial charge in [0, 0.05) is 30.6 Å². The Kier molecular flexibility index (Phi) is 8.45. The molecule has 0 aromatic rings. The molecule has 2 atom stereocenters.